The highest BCUT2D eigenvalue weighted by molar-refractivity contribution is 6.07. The minimum absolute atomic E-state index is 0.230. The van der Waals surface area contributed by atoms with Gasteiger partial charge in [-0.2, -0.15) is 0 Å². The number of fused-ring (bicyclic) bond motifs is 1. The highest BCUT2D eigenvalue weighted by Crippen LogP contribution is 2.36. The second-order valence-corrected chi connectivity index (χ2v) is 5.19. The van der Waals surface area contributed by atoms with Gasteiger partial charge >= 0.3 is 5.97 Å². The standard InChI is InChI=1S/C14H19NO5/c1-20-8-4-7-11(14(18)19)15-12(16)9-5-2-3-6-10(9)13(15)17/h2-3,9-11H,4-8H2,1H3,(H,18,19). The lowest BCUT2D eigenvalue weighted by molar-refractivity contribution is -0.155. The summed E-state index contributed by atoms with van der Waals surface area (Å²) in [6.07, 6.45) is 5.55. The van der Waals surface area contributed by atoms with Crippen LogP contribution in [0.1, 0.15) is 25.7 Å². The third-order valence-electron chi connectivity index (χ3n) is 3.96. The first-order chi connectivity index (χ1) is 9.57. The number of allylic oxidation sites excluding steroid dienone is 2. The Balaban J connectivity index is 2.14. The number of rotatable bonds is 6. The number of likely N-dealkylation sites (tertiary alicyclic amines) is 1. The van der Waals surface area contributed by atoms with Gasteiger partial charge in [0, 0.05) is 13.7 Å². The first-order valence-electron chi connectivity index (χ1n) is 6.81. The summed E-state index contributed by atoms with van der Waals surface area (Å²) in [4.78, 5) is 37.0. The van der Waals surface area contributed by atoms with E-state index in [4.69, 9.17) is 4.74 Å². The Morgan fingerprint density at radius 2 is 1.90 bits per heavy atom. The quantitative estimate of drug-likeness (QED) is 0.442. The first kappa shape index (κ1) is 14.7. The van der Waals surface area contributed by atoms with E-state index in [-0.39, 0.29) is 30.1 Å². The van der Waals surface area contributed by atoms with Crippen LogP contribution >= 0.6 is 0 Å². The van der Waals surface area contributed by atoms with Crippen LogP contribution in [0.4, 0.5) is 0 Å². The van der Waals surface area contributed by atoms with Crippen molar-refractivity contribution in [3.8, 4) is 0 Å². The predicted molar refractivity (Wildman–Crippen MR) is 69.7 cm³/mol. The zero-order chi connectivity index (χ0) is 14.7. The normalized spacial score (nSPS) is 26.8. The molecule has 0 aromatic heterocycles. The van der Waals surface area contributed by atoms with Gasteiger partial charge < -0.3 is 9.84 Å². The van der Waals surface area contributed by atoms with Crippen LogP contribution < -0.4 is 0 Å². The Morgan fingerprint density at radius 1 is 1.35 bits per heavy atom. The molecule has 1 fully saturated rings. The molecular formula is C14H19NO5. The number of ether oxygens (including phenoxy) is 1. The van der Waals surface area contributed by atoms with Crippen molar-refractivity contribution in [3.63, 3.8) is 0 Å². The van der Waals surface area contributed by atoms with E-state index in [0.717, 1.165) is 4.90 Å². The number of aliphatic carboxylic acids is 1. The molecule has 1 saturated heterocycles. The molecule has 0 aromatic carbocycles. The minimum atomic E-state index is -1.13. The molecule has 2 amide bonds. The van der Waals surface area contributed by atoms with Gasteiger partial charge in [-0.15, -0.1) is 0 Å². The summed E-state index contributed by atoms with van der Waals surface area (Å²) in [5, 5.41) is 9.30. The number of carbonyl (C=O) groups excluding carboxylic acids is 2. The molecule has 6 nitrogen and oxygen atoms in total. The number of imide groups is 1. The van der Waals surface area contributed by atoms with Gasteiger partial charge in [-0.1, -0.05) is 12.2 Å². The number of hydrogen-bond donors (Lipinski definition) is 1. The minimum Gasteiger partial charge on any atom is -0.480 e. The summed E-state index contributed by atoms with van der Waals surface area (Å²) in [5.41, 5.74) is 0. The zero-order valence-electron chi connectivity index (χ0n) is 11.4. The third-order valence-corrected chi connectivity index (χ3v) is 3.96. The lowest BCUT2D eigenvalue weighted by Crippen LogP contribution is -2.45. The van der Waals surface area contributed by atoms with Gasteiger partial charge in [0.15, 0.2) is 0 Å². The number of amides is 2. The van der Waals surface area contributed by atoms with Crippen LogP contribution in [-0.4, -0.2) is 47.5 Å². The van der Waals surface area contributed by atoms with E-state index in [0.29, 0.717) is 25.9 Å². The molecule has 0 spiro atoms. The van der Waals surface area contributed by atoms with Crippen molar-refractivity contribution in [1.82, 2.24) is 4.90 Å². The van der Waals surface area contributed by atoms with Crippen molar-refractivity contribution < 1.29 is 24.2 Å². The monoisotopic (exact) mass is 281 g/mol. The van der Waals surface area contributed by atoms with Gasteiger partial charge in [-0.25, -0.2) is 4.79 Å². The number of carboxylic acids is 1. The zero-order valence-corrected chi connectivity index (χ0v) is 11.4. The van der Waals surface area contributed by atoms with Crippen molar-refractivity contribution in [2.45, 2.75) is 31.7 Å². The highest BCUT2D eigenvalue weighted by atomic mass is 16.5. The van der Waals surface area contributed by atoms with Crippen molar-refractivity contribution in [1.29, 1.82) is 0 Å². The largest absolute Gasteiger partial charge is 0.480 e. The van der Waals surface area contributed by atoms with E-state index in [2.05, 4.69) is 0 Å². The van der Waals surface area contributed by atoms with E-state index >= 15 is 0 Å². The smallest absolute Gasteiger partial charge is 0.326 e. The maximum atomic E-state index is 12.3. The summed E-state index contributed by atoms with van der Waals surface area (Å²) in [6, 6.07) is -1.07. The van der Waals surface area contributed by atoms with Gasteiger partial charge in [0.05, 0.1) is 11.8 Å². The van der Waals surface area contributed by atoms with Crippen LogP contribution in [0.3, 0.4) is 0 Å². The maximum absolute atomic E-state index is 12.3. The molecule has 1 N–H and O–H groups in total. The molecule has 20 heavy (non-hydrogen) atoms. The second-order valence-electron chi connectivity index (χ2n) is 5.19. The number of carboxylic acid groups (broad SMARTS) is 1. The van der Waals surface area contributed by atoms with Crippen LogP contribution in [0.15, 0.2) is 12.2 Å². The number of hydrogen-bond acceptors (Lipinski definition) is 4. The Bertz CT molecular complexity index is 419. The number of nitrogens with zero attached hydrogens (tertiary/aromatic N) is 1. The molecule has 1 aliphatic carbocycles. The fraction of sp³-hybridized carbons (Fsp3) is 0.643. The van der Waals surface area contributed by atoms with E-state index in [9.17, 15) is 19.5 Å². The predicted octanol–water partition coefficient (Wildman–Crippen LogP) is 0.817. The molecule has 2 aliphatic rings. The lowest BCUT2D eigenvalue weighted by atomic mass is 9.85. The van der Waals surface area contributed by atoms with Crippen LogP contribution in [0.25, 0.3) is 0 Å². The summed E-state index contributed by atoms with van der Waals surface area (Å²) in [7, 11) is 1.53. The molecule has 1 aliphatic heterocycles. The summed E-state index contributed by atoms with van der Waals surface area (Å²) in [5.74, 6) is -2.56. The van der Waals surface area contributed by atoms with Crippen LogP contribution in [0, 0.1) is 11.8 Å². The summed E-state index contributed by atoms with van der Waals surface area (Å²) >= 11 is 0. The first-order valence-corrected chi connectivity index (χ1v) is 6.81. The van der Waals surface area contributed by atoms with Gasteiger partial charge in [0.25, 0.3) is 0 Å². The van der Waals surface area contributed by atoms with E-state index in [1.807, 2.05) is 12.2 Å². The molecule has 3 atom stereocenters. The van der Waals surface area contributed by atoms with Crippen LogP contribution in [0.5, 0.6) is 0 Å². The molecule has 0 radical (unpaired) electrons. The molecule has 2 rings (SSSR count). The molecule has 6 heteroatoms. The number of carbonyl (C=O) groups is 3. The SMILES string of the molecule is COCCCC(C(=O)O)N1C(=O)C2CC=CCC2C1=O. The summed E-state index contributed by atoms with van der Waals surface area (Å²) in [6.45, 7) is 0.411. The lowest BCUT2D eigenvalue weighted by Gasteiger charge is -2.23. The van der Waals surface area contributed by atoms with Crippen LogP contribution in [0.2, 0.25) is 0 Å². The average molecular weight is 281 g/mol. The Labute approximate surface area is 117 Å². The Kier molecular flexibility index (Phi) is 4.54. The molecular weight excluding hydrogens is 262 g/mol. The van der Waals surface area contributed by atoms with Crippen molar-refractivity contribution in [2.24, 2.45) is 11.8 Å². The van der Waals surface area contributed by atoms with Gasteiger partial charge in [-0.3, -0.25) is 14.5 Å². The molecule has 0 bridgehead atoms. The molecule has 3 unspecified atom stereocenters. The number of methoxy groups -OCH3 is 1. The van der Waals surface area contributed by atoms with Crippen molar-refractivity contribution in [2.75, 3.05) is 13.7 Å². The van der Waals surface area contributed by atoms with E-state index < -0.39 is 12.0 Å². The van der Waals surface area contributed by atoms with Gasteiger partial charge in [0.1, 0.15) is 6.04 Å². The topological polar surface area (TPSA) is 83.9 Å². The second kappa shape index (κ2) is 6.17. The van der Waals surface area contributed by atoms with Gasteiger partial charge in [-0.05, 0) is 25.7 Å². The average Bonchev–Trinajstić information content (AvgIpc) is 2.68. The molecule has 110 valence electrons. The Morgan fingerprint density at radius 3 is 2.35 bits per heavy atom. The molecule has 0 aromatic rings. The third kappa shape index (κ3) is 2.60. The van der Waals surface area contributed by atoms with E-state index in [1.54, 1.807) is 0 Å². The molecule has 0 saturated carbocycles. The van der Waals surface area contributed by atoms with Crippen LogP contribution in [-0.2, 0) is 19.1 Å². The summed E-state index contributed by atoms with van der Waals surface area (Å²) < 4.78 is 4.89. The molecule has 1 heterocycles. The highest BCUT2D eigenvalue weighted by Gasteiger charge is 2.51. The fourth-order valence-corrected chi connectivity index (χ4v) is 2.92. The Hall–Kier alpha value is -1.69. The van der Waals surface area contributed by atoms with Crippen molar-refractivity contribution in [3.05, 3.63) is 12.2 Å². The maximum Gasteiger partial charge on any atom is 0.326 e. The van der Waals surface area contributed by atoms with Crippen molar-refractivity contribution >= 4 is 17.8 Å². The fourth-order valence-electron chi connectivity index (χ4n) is 2.92. The van der Waals surface area contributed by atoms with Gasteiger partial charge in [0.2, 0.25) is 11.8 Å². The van der Waals surface area contributed by atoms with E-state index in [1.165, 1.54) is 7.11 Å².